The Morgan fingerprint density at radius 2 is 2.06 bits per heavy atom. The summed E-state index contributed by atoms with van der Waals surface area (Å²) in [6, 6.07) is 1.26. The second-order valence-electron chi connectivity index (χ2n) is 8.75. The molecule has 3 aromatic heterocycles. The number of halogens is 3. The quantitative estimate of drug-likeness (QED) is 0.636. The Labute approximate surface area is 175 Å². The SMILES string of the molecule is Nc1ncc(-c2cn(C34CCC3C(c3cnco3)C4)c(C3CC3)n2)cc1OC(F)(F)F. The van der Waals surface area contributed by atoms with Gasteiger partial charge in [-0.25, -0.2) is 15.0 Å². The van der Waals surface area contributed by atoms with Gasteiger partial charge in [-0.1, -0.05) is 0 Å². The number of imidazole rings is 1. The third kappa shape index (κ3) is 2.91. The van der Waals surface area contributed by atoms with E-state index in [9.17, 15) is 13.2 Å². The van der Waals surface area contributed by atoms with E-state index in [4.69, 9.17) is 15.1 Å². The van der Waals surface area contributed by atoms with E-state index in [1.165, 1.54) is 18.7 Å². The first-order valence-electron chi connectivity index (χ1n) is 10.3. The molecule has 0 radical (unpaired) electrons. The maximum Gasteiger partial charge on any atom is 0.573 e. The number of hydrogen-bond acceptors (Lipinski definition) is 6. The molecule has 0 bridgehead atoms. The van der Waals surface area contributed by atoms with Crippen molar-refractivity contribution < 1.29 is 22.3 Å². The lowest BCUT2D eigenvalue weighted by Gasteiger charge is -2.63. The molecular weight excluding hydrogens is 411 g/mol. The van der Waals surface area contributed by atoms with Gasteiger partial charge < -0.3 is 19.5 Å². The van der Waals surface area contributed by atoms with Crippen LogP contribution in [0.25, 0.3) is 11.3 Å². The highest BCUT2D eigenvalue weighted by atomic mass is 19.4. The lowest BCUT2D eigenvalue weighted by Crippen LogP contribution is -2.61. The molecule has 3 aliphatic carbocycles. The van der Waals surface area contributed by atoms with Gasteiger partial charge in [0.15, 0.2) is 18.0 Å². The van der Waals surface area contributed by atoms with Crippen molar-refractivity contribution in [1.29, 1.82) is 0 Å². The minimum absolute atomic E-state index is 0.00678. The average Bonchev–Trinajstić information content (AvgIpc) is 3.22. The predicted molar refractivity (Wildman–Crippen MR) is 103 cm³/mol. The molecular formula is C21H20F3N5O2. The maximum atomic E-state index is 12.7. The second-order valence-corrected chi connectivity index (χ2v) is 8.75. The zero-order valence-electron chi connectivity index (χ0n) is 16.5. The van der Waals surface area contributed by atoms with Crippen LogP contribution in [0.1, 0.15) is 55.5 Å². The lowest BCUT2D eigenvalue weighted by molar-refractivity contribution is -0.274. The number of nitrogens with two attached hydrogens (primary N) is 1. The number of nitrogen functional groups attached to an aromatic ring is 1. The number of nitrogens with zero attached hydrogens (tertiary/aromatic N) is 4. The van der Waals surface area contributed by atoms with Gasteiger partial charge in [0, 0.05) is 35.3 Å². The molecule has 3 atom stereocenters. The Bertz CT molecular complexity index is 1140. The van der Waals surface area contributed by atoms with E-state index in [2.05, 4.69) is 19.3 Å². The zero-order valence-corrected chi connectivity index (χ0v) is 16.5. The van der Waals surface area contributed by atoms with Gasteiger partial charge in [0.05, 0.1) is 11.9 Å². The van der Waals surface area contributed by atoms with Crippen molar-refractivity contribution in [1.82, 2.24) is 19.5 Å². The highest BCUT2D eigenvalue weighted by Crippen LogP contribution is 2.67. The number of ether oxygens (including phenoxy) is 1. The summed E-state index contributed by atoms with van der Waals surface area (Å²) in [5, 5.41) is 0. The summed E-state index contributed by atoms with van der Waals surface area (Å²) in [6.07, 6.45) is 7.07. The number of oxazole rings is 1. The Morgan fingerprint density at radius 1 is 1.23 bits per heavy atom. The van der Waals surface area contributed by atoms with E-state index in [1.54, 1.807) is 6.20 Å². The average molecular weight is 431 g/mol. The van der Waals surface area contributed by atoms with Gasteiger partial charge in [-0.05, 0) is 44.1 Å². The maximum absolute atomic E-state index is 12.7. The molecule has 0 aromatic carbocycles. The molecule has 3 saturated carbocycles. The van der Waals surface area contributed by atoms with Crippen molar-refractivity contribution in [2.45, 2.75) is 55.8 Å². The molecule has 0 aliphatic heterocycles. The molecule has 0 spiro atoms. The lowest BCUT2D eigenvalue weighted by atomic mass is 9.47. The molecule has 6 rings (SSSR count). The van der Waals surface area contributed by atoms with E-state index in [-0.39, 0.29) is 11.4 Å². The van der Waals surface area contributed by atoms with E-state index in [0.29, 0.717) is 29.0 Å². The molecule has 3 aromatic rings. The van der Waals surface area contributed by atoms with Crippen LogP contribution < -0.4 is 10.5 Å². The zero-order chi connectivity index (χ0) is 21.4. The Balaban J connectivity index is 1.35. The molecule has 0 saturated heterocycles. The van der Waals surface area contributed by atoms with Crippen LogP contribution in [-0.2, 0) is 5.54 Å². The van der Waals surface area contributed by atoms with Gasteiger partial charge in [0.1, 0.15) is 11.6 Å². The van der Waals surface area contributed by atoms with Gasteiger partial charge in [0.2, 0.25) is 0 Å². The third-order valence-corrected chi connectivity index (χ3v) is 7.01. The van der Waals surface area contributed by atoms with E-state index < -0.39 is 12.1 Å². The molecule has 3 unspecified atom stereocenters. The van der Waals surface area contributed by atoms with Gasteiger partial charge in [-0.2, -0.15) is 0 Å². The summed E-state index contributed by atoms with van der Waals surface area (Å²) in [7, 11) is 0. The summed E-state index contributed by atoms with van der Waals surface area (Å²) in [5.41, 5.74) is 6.61. The Hall–Kier alpha value is -3.04. The summed E-state index contributed by atoms with van der Waals surface area (Å²) < 4.78 is 50.0. The molecule has 3 aliphatic rings. The number of anilines is 1. The predicted octanol–water partition coefficient (Wildman–Crippen LogP) is 4.58. The van der Waals surface area contributed by atoms with Crippen molar-refractivity contribution in [2.24, 2.45) is 5.92 Å². The smallest absolute Gasteiger partial charge is 0.448 e. The molecule has 10 heteroatoms. The monoisotopic (exact) mass is 431 g/mol. The first-order chi connectivity index (χ1) is 14.8. The van der Waals surface area contributed by atoms with Gasteiger partial charge in [-0.15, -0.1) is 13.2 Å². The summed E-state index contributed by atoms with van der Waals surface area (Å²) in [5.74, 6) is 2.29. The van der Waals surface area contributed by atoms with E-state index in [1.807, 2.05) is 6.20 Å². The Kier molecular flexibility index (Phi) is 3.77. The van der Waals surface area contributed by atoms with Crippen molar-refractivity contribution in [2.75, 3.05) is 5.73 Å². The molecule has 162 valence electrons. The van der Waals surface area contributed by atoms with Crippen LogP contribution in [0.3, 0.4) is 0 Å². The van der Waals surface area contributed by atoms with Crippen molar-refractivity contribution in [3.63, 3.8) is 0 Å². The van der Waals surface area contributed by atoms with Crippen LogP contribution in [0, 0.1) is 5.92 Å². The summed E-state index contributed by atoms with van der Waals surface area (Å²) >= 11 is 0. The molecule has 31 heavy (non-hydrogen) atoms. The molecule has 2 N–H and O–H groups in total. The van der Waals surface area contributed by atoms with Crippen LogP contribution in [0.2, 0.25) is 0 Å². The fraction of sp³-hybridized carbons (Fsp3) is 0.476. The third-order valence-electron chi connectivity index (χ3n) is 7.01. The fourth-order valence-electron chi connectivity index (χ4n) is 5.26. The number of fused-ring (bicyclic) bond motifs is 1. The molecule has 0 amide bonds. The minimum Gasteiger partial charge on any atom is -0.448 e. The summed E-state index contributed by atoms with van der Waals surface area (Å²) in [6.45, 7) is 0. The largest absolute Gasteiger partial charge is 0.573 e. The molecule has 7 nitrogen and oxygen atoms in total. The number of pyridine rings is 1. The van der Waals surface area contributed by atoms with Crippen LogP contribution in [0.15, 0.2) is 35.5 Å². The van der Waals surface area contributed by atoms with E-state index >= 15 is 0 Å². The Morgan fingerprint density at radius 3 is 2.68 bits per heavy atom. The number of alkyl halides is 3. The fourth-order valence-corrected chi connectivity index (χ4v) is 5.26. The van der Waals surface area contributed by atoms with Crippen LogP contribution >= 0.6 is 0 Å². The first-order valence-corrected chi connectivity index (χ1v) is 10.3. The van der Waals surface area contributed by atoms with Gasteiger partial charge in [-0.3, -0.25) is 0 Å². The van der Waals surface area contributed by atoms with Gasteiger partial charge >= 0.3 is 6.36 Å². The number of rotatable bonds is 5. The van der Waals surface area contributed by atoms with Crippen LogP contribution in [0.5, 0.6) is 5.75 Å². The van der Waals surface area contributed by atoms with E-state index in [0.717, 1.165) is 43.7 Å². The molecule has 3 heterocycles. The van der Waals surface area contributed by atoms with Crippen molar-refractivity contribution >= 4 is 5.82 Å². The first kappa shape index (κ1) is 18.7. The van der Waals surface area contributed by atoms with Gasteiger partial charge in [0.25, 0.3) is 0 Å². The summed E-state index contributed by atoms with van der Waals surface area (Å²) in [4.78, 5) is 12.8. The molecule has 3 fully saturated rings. The second kappa shape index (κ2) is 6.24. The van der Waals surface area contributed by atoms with Crippen LogP contribution in [0.4, 0.5) is 19.0 Å². The number of hydrogen-bond donors (Lipinski definition) is 1. The van der Waals surface area contributed by atoms with Crippen LogP contribution in [-0.4, -0.2) is 25.9 Å². The highest BCUT2D eigenvalue weighted by molar-refractivity contribution is 5.64. The van der Waals surface area contributed by atoms with Crippen molar-refractivity contribution in [3.8, 4) is 17.0 Å². The minimum atomic E-state index is -4.84. The normalized spacial score (nSPS) is 27.3. The van der Waals surface area contributed by atoms with Crippen molar-refractivity contribution in [3.05, 3.63) is 42.6 Å². The highest BCUT2D eigenvalue weighted by Gasteiger charge is 2.63. The topological polar surface area (TPSA) is 92.0 Å². The number of aromatic nitrogens is 4. The standard InChI is InChI=1S/C21H20F3N5O2/c22-21(23,24)31-16-5-12(7-27-18(16)25)15-9-29(19(28-15)11-1-2-11)20-4-3-14(20)13(6-20)17-8-26-10-30-17/h5,7-11,13-14H,1-4,6H2,(H2,25,27).